The quantitative estimate of drug-likeness (QED) is 0.764. The van der Waals surface area contributed by atoms with Crippen LogP contribution in [0.25, 0.3) is 0 Å². The van der Waals surface area contributed by atoms with Crippen molar-refractivity contribution in [2.45, 2.75) is 12.5 Å². The van der Waals surface area contributed by atoms with Gasteiger partial charge in [0, 0.05) is 6.54 Å². The molecule has 4 nitrogen and oxygen atoms in total. The Morgan fingerprint density at radius 1 is 1.19 bits per heavy atom. The van der Waals surface area contributed by atoms with Crippen LogP contribution in [0.1, 0.15) is 17.2 Å². The fourth-order valence-corrected chi connectivity index (χ4v) is 2.06. The van der Waals surface area contributed by atoms with Crippen molar-refractivity contribution >= 4 is 5.97 Å². The number of aliphatic carboxylic acids is 1. The minimum atomic E-state index is -1.05. The Bertz CT molecular complexity index is 613. The summed E-state index contributed by atoms with van der Waals surface area (Å²) in [7, 11) is 0. The number of carbonyl (C=O) groups is 1. The highest BCUT2D eigenvalue weighted by Gasteiger charge is 2.19. The summed E-state index contributed by atoms with van der Waals surface area (Å²) in [6, 6.07) is 11.3. The van der Waals surface area contributed by atoms with E-state index in [1.807, 2.05) is 0 Å². The van der Waals surface area contributed by atoms with Crippen LogP contribution in [0.2, 0.25) is 0 Å². The SMILES string of the molecule is O=C(O)C(NCCc1ccc(O)cc1)c1cccc(F)c1. The zero-order chi connectivity index (χ0) is 15.2. The number of hydrogen-bond donors (Lipinski definition) is 3. The van der Waals surface area contributed by atoms with Gasteiger partial charge < -0.3 is 15.5 Å². The molecule has 0 saturated heterocycles. The van der Waals surface area contributed by atoms with E-state index in [0.717, 1.165) is 5.56 Å². The van der Waals surface area contributed by atoms with Gasteiger partial charge in [0.05, 0.1) is 0 Å². The second-order valence-electron chi connectivity index (χ2n) is 4.70. The van der Waals surface area contributed by atoms with Gasteiger partial charge in [-0.05, 0) is 41.8 Å². The molecule has 0 bridgehead atoms. The minimum absolute atomic E-state index is 0.190. The van der Waals surface area contributed by atoms with Crippen molar-refractivity contribution in [1.82, 2.24) is 5.32 Å². The fourth-order valence-electron chi connectivity index (χ4n) is 2.06. The van der Waals surface area contributed by atoms with E-state index in [1.54, 1.807) is 30.3 Å². The summed E-state index contributed by atoms with van der Waals surface area (Å²) >= 11 is 0. The van der Waals surface area contributed by atoms with Gasteiger partial charge in [0.25, 0.3) is 0 Å². The smallest absolute Gasteiger partial charge is 0.325 e. The lowest BCUT2D eigenvalue weighted by Crippen LogP contribution is -2.30. The molecule has 0 radical (unpaired) electrons. The molecule has 0 aliphatic carbocycles. The Labute approximate surface area is 121 Å². The van der Waals surface area contributed by atoms with Gasteiger partial charge in [0.2, 0.25) is 0 Å². The number of halogens is 1. The number of phenolic OH excluding ortho intramolecular Hbond substituents is 1. The van der Waals surface area contributed by atoms with E-state index in [1.165, 1.54) is 18.2 Å². The maximum absolute atomic E-state index is 13.2. The van der Waals surface area contributed by atoms with Crippen molar-refractivity contribution in [2.75, 3.05) is 6.54 Å². The van der Waals surface area contributed by atoms with Crippen molar-refractivity contribution in [3.63, 3.8) is 0 Å². The Morgan fingerprint density at radius 3 is 2.52 bits per heavy atom. The van der Waals surface area contributed by atoms with Crippen molar-refractivity contribution < 1.29 is 19.4 Å². The zero-order valence-corrected chi connectivity index (χ0v) is 11.3. The predicted octanol–water partition coefficient (Wildman–Crippen LogP) is 2.49. The molecule has 0 fully saturated rings. The Morgan fingerprint density at radius 2 is 1.90 bits per heavy atom. The van der Waals surface area contributed by atoms with Gasteiger partial charge in [0.15, 0.2) is 0 Å². The number of nitrogens with one attached hydrogen (secondary N) is 1. The summed E-state index contributed by atoms with van der Waals surface area (Å²) in [5.41, 5.74) is 1.36. The first-order valence-electron chi connectivity index (χ1n) is 6.56. The maximum Gasteiger partial charge on any atom is 0.325 e. The monoisotopic (exact) mass is 289 g/mol. The highest BCUT2D eigenvalue weighted by atomic mass is 19.1. The molecule has 110 valence electrons. The van der Waals surface area contributed by atoms with Crippen LogP contribution in [0.15, 0.2) is 48.5 Å². The molecule has 0 amide bonds. The molecule has 0 aliphatic heterocycles. The molecule has 2 aromatic carbocycles. The second-order valence-corrected chi connectivity index (χ2v) is 4.70. The van der Waals surface area contributed by atoms with E-state index in [0.29, 0.717) is 18.5 Å². The molecule has 0 aliphatic rings. The van der Waals surface area contributed by atoms with E-state index in [2.05, 4.69) is 5.32 Å². The van der Waals surface area contributed by atoms with Gasteiger partial charge in [-0.2, -0.15) is 0 Å². The summed E-state index contributed by atoms with van der Waals surface area (Å²) in [6.07, 6.45) is 0.610. The van der Waals surface area contributed by atoms with E-state index in [9.17, 15) is 19.4 Å². The lowest BCUT2D eigenvalue weighted by atomic mass is 10.1. The molecular weight excluding hydrogens is 273 g/mol. The van der Waals surface area contributed by atoms with Crippen molar-refractivity contribution in [1.29, 1.82) is 0 Å². The molecule has 5 heteroatoms. The van der Waals surface area contributed by atoms with Crippen LogP contribution in [0, 0.1) is 5.82 Å². The van der Waals surface area contributed by atoms with Crippen molar-refractivity contribution in [2.24, 2.45) is 0 Å². The first-order valence-corrected chi connectivity index (χ1v) is 6.56. The average molecular weight is 289 g/mol. The summed E-state index contributed by atoms with van der Waals surface area (Å²) in [5, 5.41) is 21.3. The van der Waals surface area contributed by atoms with Gasteiger partial charge in [-0.15, -0.1) is 0 Å². The first-order chi connectivity index (χ1) is 10.1. The molecule has 1 atom stereocenters. The van der Waals surface area contributed by atoms with Crippen LogP contribution in [0.5, 0.6) is 5.75 Å². The number of aromatic hydroxyl groups is 1. The summed E-state index contributed by atoms with van der Waals surface area (Å²) in [4.78, 5) is 11.3. The van der Waals surface area contributed by atoms with E-state index >= 15 is 0 Å². The van der Waals surface area contributed by atoms with Gasteiger partial charge in [0.1, 0.15) is 17.6 Å². The van der Waals surface area contributed by atoms with Gasteiger partial charge in [-0.25, -0.2) is 4.39 Å². The molecule has 2 aromatic rings. The van der Waals surface area contributed by atoms with Gasteiger partial charge >= 0.3 is 5.97 Å². The number of phenols is 1. The Hall–Kier alpha value is -2.40. The minimum Gasteiger partial charge on any atom is -0.508 e. The molecule has 2 rings (SSSR count). The molecule has 21 heavy (non-hydrogen) atoms. The number of carboxylic acids is 1. The molecule has 0 aromatic heterocycles. The Kier molecular flexibility index (Phi) is 4.90. The van der Waals surface area contributed by atoms with Crippen LogP contribution >= 0.6 is 0 Å². The summed E-state index contributed by atoms with van der Waals surface area (Å²) < 4.78 is 13.2. The van der Waals surface area contributed by atoms with E-state index in [-0.39, 0.29) is 5.75 Å². The second kappa shape index (κ2) is 6.85. The molecule has 3 N–H and O–H groups in total. The standard InChI is InChI=1S/C16H16FNO3/c17-13-3-1-2-12(10-13)15(16(20)21)18-9-8-11-4-6-14(19)7-5-11/h1-7,10,15,18-19H,8-9H2,(H,20,21). The van der Waals surface area contributed by atoms with E-state index < -0.39 is 17.8 Å². The van der Waals surface area contributed by atoms with Crippen LogP contribution in [-0.2, 0) is 11.2 Å². The Balaban J connectivity index is 1.98. The normalized spacial score (nSPS) is 12.0. The third kappa shape index (κ3) is 4.29. The molecule has 0 spiro atoms. The largest absolute Gasteiger partial charge is 0.508 e. The number of rotatable bonds is 6. The van der Waals surface area contributed by atoms with Crippen molar-refractivity contribution in [3.05, 3.63) is 65.5 Å². The lowest BCUT2D eigenvalue weighted by molar-refractivity contribution is -0.139. The molecule has 0 saturated carbocycles. The van der Waals surface area contributed by atoms with Gasteiger partial charge in [-0.1, -0.05) is 24.3 Å². The maximum atomic E-state index is 13.2. The first kappa shape index (κ1) is 15.0. The fraction of sp³-hybridized carbons (Fsp3) is 0.188. The average Bonchev–Trinajstić information content (AvgIpc) is 2.45. The zero-order valence-electron chi connectivity index (χ0n) is 11.3. The highest BCUT2D eigenvalue weighted by Crippen LogP contribution is 2.15. The molecular formula is C16H16FNO3. The lowest BCUT2D eigenvalue weighted by Gasteiger charge is -2.15. The number of benzene rings is 2. The third-order valence-electron chi connectivity index (χ3n) is 3.13. The van der Waals surface area contributed by atoms with Gasteiger partial charge in [-0.3, -0.25) is 4.79 Å². The van der Waals surface area contributed by atoms with Crippen LogP contribution in [-0.4, -0.2) is 22.7 Å². The van der Waals surface area contributed by atoms with Crippen LogP contribution < -0.4 is 5.32 Å². The molecule has 1 unspecified atom stereocenters. The van der Waals surface area contributed by atoms with Crippen LogP contribution in [0.4, 0.5) is 4.39 Å². The molecule has 0 heterocycles. The topological polar surface area (TPSA) is 69.6 Å². The number of hydrogen-bond acceptors (Lipinski definition) is 3. The number of carboxylic acid groups (broad SMARTS) is 1. The summed E-state index contributed by atoms with van der Waals surface area (Å²) in [5.74, 6) is -1.32. The highest BCUT2D eigenvalue weighted by molar-refractivity contribution is 5.75. The van der Waals surface area contributed by atoms with Crippen molar-refractivity contribution in [3.8, 4) is 5.75 Å². The van der Waals surface area contributed by atoms with Crippen LogP contribution in [0.3, 0.4) is 0 Å². The summed E-state index contributed by atoms with van der Waals surface area (Å²) in [6.45, 7) is 0.429. The third-order valence-corrected chi connectivity index (χ3v) is 3.13. The predicted molar refractivity (Wildman–Crippen MR) is 76.6 cm³/mol. The van der Waals surface area contributed by atoms with E-state index in [4.69, 9.17) is 0 Å².